The number of likely N-dealkylation sites (tertiary alicyclic amines) is 1. The molecule has 1 aromatic carbocycles. The highest BCUT2D eigenvalue weighted by molar-refractivity contribution is 5.14. The molecule has 0 bridgehead atoms. The van der Waals surface area contributed by atoms with E-state index in [1.165, 1.54) is 37.9 Å². The summed E-state index contributed by atoms with van der Waals surface area (Å²) in [5.74, 6) is 0. The van der Waals surface area contributed by atoms with Gasteiger partial charge >= 0.3 is 0 Å². The number of benzene rings is 1. The van der Waals surface area contributed by atoms with Gasteiger partial charge in [0.05, 0.1) is 0 Å². The van der Waals surface area contributed by atoms with Crippen molar-refractivity contribution in [2.24, 2.45) is 5.73 Å². The summed E-state index contributed by atoms with van der Waals surface area (Å²) in [6.45, 7) is 5.30. The maximum atomic E-state index is 5.65. The van der Waals surface area contributed by atoms with Gasteiger partial charge in [0, 0.05) is 25.7 Å². The van der Waals surface area contributed by atoms with Crippen molar-refractivity contribution in [3.05, 3.63) is 35.9 Å². The Labute approximate surface area is 117 Å². The smallest absolute Gasteiger partial charge is 0.0233 e. The van der Waals surface area contributed by atoms with Gasteiger partial charge in [-0.2, -0.15) is 0 Å². The van der Waals surface area contributed by atoms with E-state index in [-0.39, 0.29) is 0 Å². The molecule has 1 heterocycles. The first-order valence-corrected chi connectivity index (χ1v) is 7.46. The number of likely N-dealkylation sites (N-methyl/N-ethyl adjacent to an activating group) is 1. The molecule has 0 radical (unpaired) electrons. The minimum absolute atomic E-state index is 0.712. The van der Waals surface area contributed by atoms with Crippen LogP contribution < -0.4 is 5.73 Å². The SMILES string of the molecule is CN(CCN)C1CCCN(Cc2ccccc2)CC1. The summed E-state index contributed by atoms with van der Waals surface area (Å²) in [5.41, 5.74) is 7.08. The largest absolute Gasteiger partial charge is 0.329 e. The van der Waals surface area contributed by atoms with Gasteiger partial charge in [-0.25, -0.2) is 0 Å². The second-order valence-corrected chi connectivity index (χ2v) is 5.62. The Balaban J connectivity index is 1.83. The molecule has 0 aliphatic carbocycles. The lowest BCUT2D eigenvalue weighted by atomic mass is 10.1. The Kier molecular flexibility index (Phi) is 5.83. The first kappa shape index (κ1) is 14.5. The second kappa shape index (κ2) is 7.63. The molecule has 3 nitrogen and oxygen atoms in total. The summed E-state index contributed by atoms with van der Waals surface area (Å²) >= 11 is 0. The van der Waals surface area contributed by atoms with E-state index < -0.39 is 0 Å². The molecule has 1 atom stereocenters. The first-order valence-electron chi connectivity index (χ1n) is 7.46. The predicted octanol–water partition coefficient (Wildman–Crippen LogP) is 1.93. The summed E-state index contributed by atoms with van der Waals surface area (Å²) < 4.78 is 0. The molecular weight excluding hydrogens is 234 g/mol. The highest BCUT2D eigenvalue weighted by Crippen LogP contribution is 2.17. The third kappa shape index (κ3) is 4.60. The number of hydrogen-bond acceptors (Lipinski definition) is 3. The van der Waals surface area contributed by atoms with Crippen LogP contribution in [0.2, 0.25) is 0 Å². The van der Waals surface area contributed by atoms with E-state index in [1.54, 1.807) is 0 Å². The van der Waals surface area contributed by atoms with Crippen LogP contribution in [0.15, 0.2) is 30.3 Å². The number of nitrogens with zero attached hydrogens (tertiary/aromatic N) is 2. The summed E-state index contributed by atoms with van der Waals surface area (Å²) in [5, 5.41) is 0. The summed E-state index contributed by atoms with van der Waals surface area (Å²) in [6, 6.07) is 11.5. The van der Waals surface area contributed by atoms with Crippen molar-refractivity contribution in [1.82, 2.24) is 9.80 Å². The molecular formula is C16H27N3. The van der Waals surface area contributed by atoms with Crippen LogP contribution in [0.3, 0.4) is 0 Å². The topological polar surface area (TPSA) is 32.5 Å². The number of nitrogens with two attached hydrogens (primary N) is 1. The standard InChI is InChI=1S/C16H27N3/c1-18(13-10-17)16-8-5-11-19(12-9-16)14-15-6-3-2-4-7-15/h2-4,6-7,16H,5,8-14,17H2,1H3. The maximum Gasteiger partial charge on any atom is 0.0233 e. The molecule has 1 unspecified atom stereocenters. The fourth-order valence-electron chi connectivity index (χ4n) is 2.96. The molecule has 19 heavy (non-hydrogen) atoms. The van der Waals surface area contributed by atoms with Gasteiger partial charge in [-0.05, 0) is 45.0 Å². The predicted molar refractivity (Wildman–Crippen MR) is 81.0 cm³/mol. The lowest BCUT2D eigenvalue weighted by Crippen LogP contribution is -2.36. The normalized spacial score (nSPS) is 21.5. The van der Waals surface area contributed by atoms with Crippen LogP contribution in [0, 0.1) is 0 Å². The van der Waals surface area contributed by atoms with E-state index in [4.69, 9.17) is 5.73 Å². The van der Waals surface area contributed by atoms with Crippen LogP contribution in [0.1, 0.15) is 24.8 Å². The van der Waals surface area contributed by atoms with Crippen LogP contribution in [-0.4, -0.2) is 49.1 Å². The Bertz CT molecular complexity index is 352. The van der Waals surface area contributed by atoms with Crippen molar-refractivity contribution in [1.29, 1.82) is 0 Å². The fraction of sp³-hybridized carbons (Fsp3) is 0.625. The molecule has 3 heteroatoms. The van der Waals surface area contributed by atoms with E-state index in [1.807, 2.05) is 0 Å². The zero-order valence-corrected chi connectivity index (χ0v) is 12.1. The van der Waals surface area contributed by atoms with Crippen molar-refractivity contribution in [3.8, 4) is 0 Å². The molecule has 0 spiro atoms. The van der Waals surface area contributed by atoms with Gasteiger partial charge in [0.1, 0.15) is 0 Å². The lowest BCUT2D eigenvalue weighted by molar-refractivity contribution is 0.218. The van der Waals surface area contributed by atoms with Gasteiger partial charge < -0.3 is 10.6 Å². The quantitative estimate of drug-likeness (QED) is 0.879. The van der Waals surface area contributed by atoms with Crippen molar-refractivity contribution >= 4 is 0 Å². The molecule has 0 aromatic heterocycles. The first-order chi connectivity index (χ1) is 9.29. The molecule has 0 saturated carbocycles. The fourth-order valence-corrected chi connectivity index (χ4v) is 2.96. The van der Waals surface area contributed by atoms with Gasteiger partial charge in [-0.1, -0.05) is 30.3 Å². The minimum atomic E-state index is 0.712. The van der Waals surface area contributed by atoms with E-state index in [9.17, 15) is 0 Å². The van der Waals surface area contributed by atoms with Crippen LogP contribution in [-0.2, 0) is 6.54 Å². The van der Waals surface area contributed by atoms with Gasteiger partial charge in [-0.3, -0.25) is 4.90 Å². The van der Waals surface area contributed by atoms with Gasteiger partial charge in [-0.15, -0.1) is 0 Å². The van der Waals surface area contributed by atoms with Gasteiger partial charge in [0.2, 0.25) is 0 Å². The van der Waals surface area contributed by atoms with E-state index in [0.29, 0.717) is 6.04 Å². The third-order valence-corrected chi connectivity index (χ3v) is 4.14. The van der Waals surface area contributed by atoms with Crippen molar-refractivity contribution in [2.75, 3.05) is 33.2 Å². The average Bonchev–Trinajstić information content (AvgIpc) is 2.66. The molecule has 1 aromatic rings. The molecule has 1 aliphatic rings. The lowest BCUT2D eigenvalue weighted by Gasteiger charge is -2.26. The maximum absolute atomic E-state index is 5.65. The Hall–Kier alpha value is -0.900. The Morgan fingerprint density at radius 2 is 2.00 bits per heavy atom. The summed E-state index contributed by atoms with van der Waals surface area (Å²) in [4.78, 5) is 5.03. The average molecular weight is 261 g/mol. The van der Waals surface area contributed by atoms with Crippen molar-refractivity contribution < 1.29 is 0 Å². The third-order valence-electron chi connectivity index (χ3n) is 4.14. The zero-order chi connectivity index (χ0) is 13.5. The van der Waals surface area contributed by atoms with Gasteiger partial charge in [0.15, 0.2) is 0 Å². The Morgan fingerprint density at radius 3 is 2.74 bits per heavy atom. The van der Waals surface area contributed by atoms with E-state index in [2.05, 4.69) is 47.2 Å². The highest BCUT2D eigenvalue weighted by Gasteiger charge is 2.19. The number of hydrogen-bond donors (Lipinski definition) is 1. The van der Waals surface area contributed by atoms with Crippen LogP contribution in [0.5, 0.6) is 0 Å². The van der Waals surface area contributed by atoms with Gasteiger partial charge in [0.25, 0.3) is 0 Å². The molecule has 1 aliphatic heterocycles. The van der Waals surface area contributed by atoms with E-state index >= 15 is 0 Å². The Morgan fingerprint density at radius 1 is 1.21 bits per heavy atom. The summed E-state index contributed by atoms with van der Waals surface area (Å²) in [7, 11) is 2.21. The molecule has 0 amide bonds. The molecule has 1 saturated heterocycles. The van der Waals surface area contributed by atoms with Crippen LogP contribution >= 0.6 is 0 Å². The van der Waals surface area contributed by atoms with Crippen LogP contribution in [0.25, 0.3) is 0 Å². The van der Waals surface area contributed by atoms with Crippen LogP contribution in [0.4, 0.5) is 0 Å². The molecule has 2 N–H and O–H groups in total. The highest BCUT2D eigenvalue weighted by atomic mass is 15.2. The second-order valence-electron chi connectivity index (χ2n) is 5.62. The zero-order valence-electron chi connectivity index (χ0n) is 12.1. The molecule has 106 valence electrons. The monoisotopic (exact) mass is 261 g/mol. The molecule has 1 fully saturated rings. The van der Waals surface area contributed by atoms with E-state index in [0.717, 1.165) is 19.6 Å². The van der Waals surface area contributed by atoms with Crippen molar-refractivity contribution in [2.45, 2.75) is 31.8 Å². The summed E-state index contributed by atoms with van der Waals surface area (Å²) in [6.07, 6.45) is 3.87. The molecule has 2 rings (SSSR count). The number of rotatable bonds is 5. The minimum Gasteiger partial charge on any atom is -0.329 e. The van der Waals surface area contributed by atoms with Crippen molar-refractivity contribution in [3.63, 3.8) is 0 Å².